The first-order valence-corrected chi connectivity index (χ1v) is 10.2. The summed E-state index contributed by atoms with van der Waals surface area (Å²) in [6, 6.07) is 4.50. The van der Waals surface area contributed by atoms with Crippen LogP contribution in [0.2, 0.25) is 0 Å². The molecule has 1 aromatic heterocycles. The molecule has 1 aromatic carbocycles. The van der Waals surface area contributed by atoms with Crippen LogP contribution >= 0.6 is 11.3 Å². The minimum atomic E-state index is -0.510. The Kier molecular flexibility index (Phi) is 8.23. The van der Waals surface area contributed by atoms with Crippen LogP contribution in [0.25, 0.3) is 0 Å². The molecule has 0 aliphatic heterocycles. The van der Waals surface area contributed by atoms with Crippen molar-refractivity contribution in [2.24, 2.45) is 0 Å². The van der Waals surface area contributed by atoms with Gasteiger partial charge < -0.3 is 24.3 Å². The summed E-state index contributed by atoms with van der Waals surface area (Å²) in [7, 11) is 2.71. The van der Waals surface area contributed by atoms with Gasteiger partial charge in [0.15, 0.2) is 18.1 Å². The maximum absolute atomic E-state index is 12.5. The van der Waals surface area contributed by atoms with E-state index in [0.717, 1.165) is 16.9 Å². The molecule has 0 fully saturated rings. The number of methoxy groups -OCH3 is 2. The highest BCUT2D eigenvalue weighted by molar-refractivity contribution is 7.17. The van der Waals surface area contributed by atoms with Crippen LogP contribution in [0, 0.1) is 6.92 Å². The second-order valence-corrected chi connectivity index (χ2v) is 7.23. The van der Waals surface area contributed by atoms with Gasteiger partial charge in [0.25, 0.3) is 5.91 Å². The topological polar surface area (TPSA) is 100 Å². The molecule has 1 heterocycles. The maximum Gasteiger partial charge on any atom is 0.341 e. The lowest BCUT2D eigenvalue weighted by Crippen LogP contribution is -2.21. The standard InChI is InChI=1S/C21H25NO7S/c1-6-16-12(3)18(21(25)28-7-2)19(30-16)22-17(23)11-29-14-9-8-13(20(24)27-5)10-15(14)26-4/h8-10H,6-7,11H2,1-5H3,(H,22,23). The van der Waals surface area contributed by atoms with Gasteiger partial charge in [-0.3, -0.25) is 4.79 Å². The van der Waals surface area contributed by atoms with E-state index in [1.807, 2.05) is 13.8 Å². The van der Waals surface area contributed by atoms with Gasteiger partial charge in [0, 0.05) is 4.88 Å². The quantitative estimate of drug-likeness (QED) is 0.601. The number of benzene rings is 1. The number of hydrogen-bond acceptors (Lipinski definition) is 8. The third-order valence-electron chi connectivity index (χ3n) is 4.24. The predicted octanol–water partition coefficient (Wildman–Crippen LogP) is 3.61. The monoisotopic (exact) mass is 435 g/mol. The molecule has 2 rings (SSSR count). The molecule has 0 bridgehead atoms. The molecular formula is C21H25NO7S. The van der Waals surface area contributed by atoms with Gasteiger partial charge in [0.2, 0.25) is 0 Å². The van der Waals surface area contributed by atoms with Gasteiger partial charge in [-0.15, -0.1) is 11.3 Å². The van der Waals surface area contributed by atoms with Crippen molar-refractivity contribution in [3.63, 3.8) is 0 Å². The number of esters is 2. The fourth-order valence-electron chi connectivity index (χ4n) is 2.77. The van der Waals surface area contributed by atoms with Crippen LogP contribution in [0.3, 0.4) is 0 Å². The zero-order chi connectivity index (χ0) is 22.3. The molecule has 0 atom stereocenters. The van der Waals surface area contributed by atoms with E-state index in [4.69, 9.17) is 14.2 Å². The lowest BCUT2D eigenvalue weighted by molar-refractivity contribution is -0.118. The zero-order valence-electron chi connectivity index (χ0n) is 17.6. The lowest BCUT2D eigenvalue weighted by atomic mass is 10.1. The van der Waals surface area contributed by atoms with Crippen molar-refractivity contribution in [1.29, 1.82) is 0 Å². The van der Waals surface area contributed by atoms with Crippen molar-refractivity contribution in [3.8, 4) is 11.5 Å². The Bertz CT molecular complexity index is 936. The van der Waals surface area contributed by atoms with E-state index in [2.05, 4.69) is 10.1 Å². The van der Waals surface area contributed by atoms with Crippen molar-refractivity contribution >= 4 is 34.2 Å². The molecule has 0 saturated heterocycles. The van der Waals surface area contributed by atoms with Gasteiger partial charge >= 0.3 is 11.9 Å². The minimum Gasteiger partial charge on any atom is -0.493 e. The van der Waals surface area contributed by atoms with E-state index < -0.39 is 17.8 Å². The molecule has 162 valence electrons. The van der Waals surface area contributed by atoms with Crippen LogP contribution in [0.4, 0.5) is 5.00 Å². The fourth-order valence-corrected chi connectivity index (χ4v) is 3.92. The van der Waals surface area contributed by atoms with Gasteiger partial charge in [0.05, 0.1) is 32.0 Å². The van der Waals surface area contributed by atoms with E-state index in [1.54, 1.807) is 6.92 Å². The number of aryl methyl sites for hydroxylation is 1. The molecule has 8 nitrogen and oxygen atoms in total. The molecular weight excluding hydrogens is 410 g/mol. The molecule has 1 amide bonds. The summed E-state index contributed by atoms with van der Waals surface area (Å²) >= 11 is 1.34. The number of ether oxygens (including phenoxy) is 4. The number of amides is 1. The van der Waals surface area contributed by atoms with E-state index in [0.29, 0.717) is 21.9 Å². The number of hydrogen-bond donors (Lipinski definition) is 1. The normalized spacial score (nSPS) is 10.3. The van der Waals surface area contributed by atoms with Crippen LogP contribution in [0.1, 0.15) is 45.0 Å². The highest BCUT2D eigenvalue weighted by atomic mass is 32.1. The average molecular weight is 435 g/mol. The number of nitrogens with one attached hydrogen (secondary N) is 1. The molecule has 0 radical (unpaired) electrons. The number of rotatable bonds is 9. The summed E-state index contributed by atoms with van der Waals surface area (Å²) < 4.78 is 20.6. The molecule has 30 heavy (non-hydrogen) atoms. The van der Waals surface area contributed by atoms with Crippen molar-refractivity contribution in [2.75, 3.05) is 32.8 Å². The summed E-state index contributed by atoms with van der Waals surface area (Å²) in [4.78, 5) is 37.4. The Hall–Kier alpha value is -3.07. The van der Waals surface area contributed by atoms with E-state index in [9.17, 15) is 14.4 Å². The first-order chi connectivity index (χ1) is 14.4. The summed E-state index contributed by atoms with van der Waals surface area (Å²) in [5.74, 6) is -0.838. The lowest BCUT2D eigenvalue weighted by Gasteiger charge is -2.12. The number of carbonyl (C=O) groups excluding carboxylic acids is 3. The number of anilines is 1. The second kappa shape index (κ2) is 10.6. The molecule has 0 unspecified atom stereocenters. The van der Waals surface area contributed by atoms with E-state index in [1.165, 1.54) is 43.8 Å². The second-order valence-electron chi connectivity index (χ2n) is 6.12. The number of carbonyl (C=O) groups is 3. The average Bonchev–Trinajstić information content (AvgIpc) is 3.06. The Balaban J connectivity index is 2.13. The van der Waals surface area contributed by atoms with Crippen molar-refractivity contribution < 1.29 is 33.3 Å². The van der Waals surface area contributed by atoms with Crippen LogP contribution in [-0.2, 0) is 20.7 Å². The van der Waals surface area contributed by atoms with Crippen LogP contribution < -0.4 is 14.8 Å². The maximum atomic E-state index is 12.5. The zero-order valence-corrected chi connectivity index (χ0v) is 18.4. The van der Waals surface area contributed by atoms with E-state index in [-0.39, 0.29) is 19.0 Å². The largest absolute Gasteiger partial charge is 0.493 e. The SMILES string of the molecule is CCOC(=O)c1c(NC(=O)COc2ccc(C(=O)OC)cc2OC)sc(CC)c1C. The van der Waals surface area contributed by atoms with Gasteiger partial charge in [0.1, 0.15) is 5.00 Å². The Morgan fingerprint density at radius 3 is 2.40 bits per heavy atom. The smallest absolute Gasteiger partial charge is 0.341 e. The number of thiophene rings is 1. The highest BCUT2D eigenvalue weighted by Crippen LogP contribution is 2.34. The van der Waals surface area contributed by atoms with E-state index >= 15 is 0 Å². The van der Waals surface area contributed by atoms with Crippen molar-refractivity contribution in [3.05, 3.63) is 39.8 Å². The first-order valence-electron chi connectivity index (χ1n) is 9.34. The van der Waals surface area contributed by atoms with Gasteiger partial charge in [-0.1, -0.05) is 6.92 Å². The Labute approximate surface area is 179 Å². The summed E-state index contributed by atoms with van der Waals surface area (Å²) in [6.07, 6.45) is 0.735. The Morgan fingerprint density at radius 1 is 1.07 bits per heavy atom. The van der Waals surface area contributed by atoms with Crippen molar-refractivity contribution in [2.45, 2.75) is 27.2 Å². The third kappa shape index (κ3) is 5.29. The third-order valence-corrected chi connectivity index (χ3v) is 5.59. The van der Waals surface area contributed by atoms with Crippen LogP contribution in [0.15, 0.2) is 18.2 Å². The molecule has 0 aliphatic carbocycles. The van der Waals surface area contributed by atoms with Gasteiger partial charge in [-0.05, 0) is 44.0 Å². The molecule has 0 saturated carbocycles. The molecule has 0 aliphatic rings. The van der Waals surface area contributed by atoms with Gasteiger partial charge in [-0.25, -0.2) is 9.59 Å². The summed E-state index contributed by atoms with van der Waals surface area (Å²) in [5, 5.41) is 3.17. The van der Waals surface area contributed by atoms with Crippen LogP contribution in [0.5, 0.6) is 11.5 Å². The predicted molar refractivity (Wildman–Crippen MR) is 113 cm³/mol. The van der Waals surface area contributed by atoms with Crippen molar-refractivity contribution in [1.82, 2.24) is 0 Å². The fraction of sp³-hybridized carbons (Fsp3) is 0.381. The molecule has 9 heteroatoms. The Morgan fingerprint density at radius 2 is 1.80 bits per heavy atom. The molecule has 1 N–H and O–H groups in total. The minimum absolute atomic E-state index is 0.243. The first kappa shape index (κ1) is 23.2. The van der Waals surface area contributed by atoms with Crippen LogP contribution in [-0.4, -0.2) is 45.3 Å². The van der Waals surface area contributed by atoms with Gasteiger partial charge in [-0.2, -0.15) is 0 Å². The summed E-state index contributed by atoms with van der Waals surface area (Å²) in [6.45, 7) is 5.47. The molecule has 2 aromatic rings. The highest BCUT2D eigenvalue weighted by Gasteiger charge is 2.23. The molecule has 0 spiro atoms. The summed E-state index contributed by atoms with van der Waals surface area (Å²) in [5.41, 5.74) is 1.47.